The predicted molar refractivity (Wildman–Crippen MR) is 232 cm³/mol. The fourth-order valence-electron chi connectivity index (χ4n) is 8.71. The third kappa shape index (κ3) is 4.81. The van der Waals surface area contributed by atoms with Gasteiger partial charge in [-0.15, -0.1) is 0 Å². The first-order valence-corrected chi connectivity index (χ1v) is 19.1. The maximum absolute atomic E-state index is 6.25. The molecular weight excluding hydrogens is 699 g/mol. The van der Waals surface area contributed by atoms with Gasteiger partial charge in [-0.3, -0.25) is 0 Å². The molecule has 0 aliphatic carbocycles. The molecule has 0 radical (unpaired) electrons. The predicted octanol–water partition coefficient (Wildman–Crippen LogP) is 13.0. The maximum Gasteiger partial charge on any atom is 0.164 e. The summed E-state index contributed by atoms with van der Waals surface area (Å²) >= 11 is 0. The van der Waals surface area contributed by atoms with Crippen LogP contribution in [0.2, 0.25) is 0 Å². The molecule has 0 N–H and O–H groups in total. The first kappa shape index (κ1) is 31.5. The number of fused-ring (bicyclic) bond motifs is 9. The molecule has 0 amide bonds. The maximum atomic E-state index is 6.25. The first-order chi connectivity index (χ1) is 28.3. The molecule has 6 nitrogen and oxygen atoms in total. The topological polar surface area (TPSA) is 61.7 Å². The normalized spacial score (nSPS) is 11.9. The van der Waals surface area contributed by atoms with Crippen molar-refractivity contribution in [3.8, 4) is 45.5 Å². The van der Waals surface area contributed by atoms with Crippen LogP contribution >= 0.6 is 0 Å². The zero-order chi connectivity index (χ0) is 37.5. The second kappa shape index (κ2) is 12.3. The average molecular weight is 730 g/mol. The molecule has 6 heteroatoms. The number of nitrogens with zero attached hydrogens (tertiary/aromatic N) is 5. The van der Waals surface area contributed by atoms with E-state index in [0.29, 0.717) is 17.5 Å². The summed E-state index contributed by atoms with van der Waals surface area (Å²) in [5, 5.41) is 6.92. The van der Waals surface area contributed by atoms with E-state index in [0.717, 1.165) is 61.0 Å². The van der Waals surface area contributed by atoms with E-state index in [-0.39, 0.29) is 0 Å². The number of benzene rings is 8. The summed E-state index contributed by atoms with van der Waals surface area (Å²) in [5.41, 5.74) is 11.2. The van der Waals surface area contributed by atoms with Crippen LogP contribution in [0.5, 0.6) is 0 Å². The van der Waals surface area contributed by atoms with E-state index in [9.17, 15) is 0 Å². The molecule has 0 aliphatic rings. The Morgan fingerprint density at radius 1 is 0.333 bits per heavy atom. The van der Waals surface area contributed by atoms with Gasteiger partial charge in [-0.05, 0) is 66.7 Å². The highest BCUT2D eigenvalue weighted by atomic mass is 16.3. The van der Waals surface area contributed by atoms with Crippen molar-refractivity contribution in [1.29, 1.82) is 0 Å². The minimum atomic E-state index is 0.597. The molecular formula is C51H31N5O. The lowest BCUT2D eigenvalue weighted by molar-refractivity contribution is 0.669. The summed E-state index contributed by atoms with van der Waals surface area (Å²) in [5.74, 6) is 1.82. The summed E-state index contributed by atoms with van der Waals surface area (Å²) in [7, 11) is 0. The van der Waals surface area contributed by atoms with Crippen molar-refractivity contribution in [1.82, 2.24) is 24.1 Å². The molecule has 0 atom stereocenters. The molecule has 266 valence electrons. The standard InChI is InChI=1S/C51H31N5O/c1-2-14-32(15-3-1)49-52-50(54-51(53-49)39-20-12-27-46-47(39)38-19-7-11-26-45(38)57-46)33-28-30-34(31-29-33)55-42-23-10-6-18-37(42)48-43(55)24-13-25-44(48)56-40-21-8-4-16-35(40)36-17-5-9-22-41(36)56/h1-31H. The highest BCUT2D eigenvalue weighted by molar-refractivity contribution is 6.16. The summed E-state index contributed by atoms with van der Waals surface area (Å²) in [4.78, 5) is 15.3. The van der Waals surface area contributed by atoms with E-state index in [1.54, 1.807) is 0 Å². The van der Waals surface area contributed by atoms with Gasteiger partial charge in [0, 0.05) is 54.7 Å². The third-order valence-electron chi connectivity index (χ3n) is 11.2. The van der Waals surface area contributed by atoms with E-state index >= 15 is 0 Å². The minimum Gasteiger partial charge on any atom is -0.456 e. The molecule has 8 aromatic carbocycles. The fraction of sp³-hybridized carbons (Fsp3) is 0. The molecule has 0 saturated heterocycles. The van der Waals surface area contributed by atoms with Gasteiger partial charge in [0.1, 0.15) is 11.2 Å². The summed E-state index contributed by atoms with van der Waals surface area (Å²) in [6, 6.07) is 65.6. The van der Waals surface area contributed by atoms with Crippen LogP contribution in [0.3, 0.4) is 0 Å². The Kier molecular flexibility index (Phi) is 6.83. The average Bonchev–Trinajstić information content (AvgIpc) is 3.95. The van der Waals surface area contributed by atoms with Gasteiger partial charge in [0.2, 0.25) is 0 Å². The van der Waals surface area contributed by atoms with Crippen molar-refractivity contribution in [3.05, 3.63) is 188 Å². The molecule has 12 rings (SSSR count). The van der Waals surface area contributed by atoms with Gasteiger partial charge < -0.3 is 13.6 Å². The smallest absolute Gasteiger partial charge is 0.164 e. The zero-order valence-corrected chi connectivity index (χ0v) is 30.5. The highest BCUT2D eigenvalue weighted by Crippen LogP contribution is 2.41. The molecule has 0 spiro atoms. The summed E-state index contributed by atoms with van der Waals surface area (Å²) in [6.07, 6.45) is 0. The largest absolute Gasteiger partial charge is 0.456 e. The Morgan fingerprint density at radius 2 is 0.860 bits per heavy atom. The Bertz CT molecular complexity index is 3470. The molecule has 0 unspecified atom stereocenters. The molecule has 4 aromatic heterocycles. The van der Waals surface area contributed by atoms with Gasteiger partial charge in [0.05, 0.1) is 27.8 Å². The molecule has 0 fully saturated rings. The van der Waals surface area contributed by atoms with E-state index in [1.807, 2.05) is 60.7 Å². The Labute approximate surface area is 326 Å². The molecule has 0 bridgehead atoms. The second-order valence-electron chi connectivity index (χ2n) is 14.4. The van der Waals surface area contributed by atoms with Crippen molar-refractivity contribution < 1.29 is 4.42 Å². The molecule has 12 aromatic rings. The Hall–Kier alpha value is -7.83. The SMILES string of the molecule is c1ccc(-c2nc(-c3ccc(-n4c5ccccc5c5c(-n6c7ccccc7c7ccccc76)cccc54)cc3)nc(-c3cccc4oc5ccccc5c34)n2)cc1. The number of hydrogen-bond acceptors (Lipinski definition) is 4. The first-order valence-electron chi connectivity index (χ1n) is 19.1. The number of rotatable bonds is 5. The van der Waals surface area contributed by atoms with Crippen LogP contribution in [0.1, 0.15) is 0 Å². The van der Waals surface area contributed by atoms with Crippen LogP contribution in [-0.2, 0) is 0 Å². The van der Waals surface area contributed by atoms with Crippen molar-refractivity contribution in [3.63, 3.8) is 0 Å². The monoisotopic (exact) mass is 729 g/mol. The van der Waals surface area contributed by atoms with Crippen molar-refractivity contribution >= 4 is 65.6 Å². The van der Waals surface area contributed by atoms with Crippen LogP contribution in [0, 0.1) is 0 Å². The third-order valence-corrected chi connectivity index (χ3v) is 11.2. The Morgan fingerprint density at radius 3 is 1.58 bits per heavy atom. The Balaban J connectivity index is 1.03. The number of furan rings is 1. The molecule has 57 heavy (non-hydrogen) atoms. The van der Waals surface area contributed by atoms with Gasteiger partial charge >= 0.3 is 0 Å². The van der Waals surface area contributed by atoms with Gasteiger partial charge in [-0.25, -0.2) is 15.0 Å². The van der Waals surface area contributed by atoms with Gasteiger partial charge in [0.15, 0.2) is 17.5 Å². The minimum absolute atomic E-state index is 0.597. The second-order valence-corrected chi connectivity index (χ2v) is 14.4. The summed E-state index contributed by atoms with van der Waals surface area (Å²) < 4.78 is 11.0. The van der Waals surface area contributed by atoms with Gasteiger partial charge in [-0.2, -0.15) is 0 Å². The van der Waals surface area contributed by atoms with Crippen LogP contribution in [-0.4, -0.2) is 24.1 Å². The molecule has 0 aliphatic heterocycles. The highest BCUT2D eigenvalue weighted by Gasteiger charge is 2.21. The molecule has 0 saturated carbocycles. The number of hydrogen-bond donors (Lipinski definition) is 0. The lowest BCUT2D eigenvalue weighted by Gasteiger charge is -2.12. The fourth-order valence-corrected chi connectivity index (χ4v) is 8.71. The van der Waals surface area contributed by atoms with E-state index in [1.165, 1.54) is 32.6 Å². The summed E-state index contributed by atoms with van der Waals surface area (Å²) in [6.45, 7) is 0. The van der Waals surface area contributed by atoms with E-state index < -0.39 is 0 Å². The van der Waals surface area contributed by atoms with E-state index in [4.69, 9.17) is 19.4 Å². The number of aromatic nitrogens is 5. The van der Waals surface area contributed by atoms with Crippen LogP contribution in [0.25, 0.3) is 111 Å². The van der Waals surface area contributed by atoms with Crippen LogP contribution in [0.15, 0.2) is 192 Å². The van der Waals surface area contributed by atoms with Gasteiger partial charge in [0.25, 0.3) is 0 Å². The van der Waals surface area contributed by atoms with Crippen LogP contribution < -0.4 is 0 Å². The van der Waals surface area contributed by atoms with E-state index in [2.05, 4.69) is 137 Å². The van der Waals surface area contributed by atoms with Crippen molar-refractivity contribution in [2.45, 2.75) is 0 Å². The quantitative estimate of drug-likeness (QED) is 0.177. The van der Waals surface area contributed by atoms with Gasteiger partial charge in [-0.1, -0.05) is 121 Å². The lowest BCUT2D eigenvalue weighted by atomic mass is 10.1. The lowest BCUT2D eigenvalue weighted by Crippen LogP contribution is -2.01. The van der Waals surface area contributed by atoms with Crippen molar-refractivity contribution in [2.75, 3.05) is 0 Å². The number of para-hydroxylation sites is 4. The van der Waals surface area contributed by atoms with Crippen molar-refractivity contribution in [2.24, 2.45) is 0 Å². The zero-order valence-electron chi connectivity index (χ0n) is 30.5. The molecule has 4 heterocycles. The van der Waals surface area contributed by atoms with Crippen LogP contribution in [0.4, 0.5) is 0 Å².